The second-order valence-electron chi connectivity index (χ2n) is 3.84. The van der Waals surface area contributed by atoms with Crippen LogP contribution < -0.4 is 5.32 Å². The Bertz CT molecular complexity index is 272. The van der Waals surface area contributed by atoms with Gasteiger partial charge in [-0.05, 0) is 24.6 Å². The van der Waals surface area contributed by atoms with Gasteiger partial charge in [0.15, 0.2) is 0 Å². The Labute approximate surface area is 98.2 Å². The molecular weight excluding hydrogens is 200 g/mol. The van der Waals surface area contributed by atoms with Gasteiger partial charge in [-0.1, -0.05) is 26.3 Å². The Hall–Kier alpha value is -0.930. The van der Waals surface area contributed by atoms with Crippen LogP contribution in [0.15, 0.2) is 18.3 Å². The number of aromatic nitrogens is 1. The predicted octanol–water partition coefficient (Wildman–Crippen LogP) is 2.51. The number of hydrogen-bond donors (Lipinski definition) is 1. The highest BCUT2D eigenvalue weighted by atomic mass is 16.5. The second kappa shape index (κ2) is 8.25. The molecule has 0 aromatic carbocycles. The van der Waals surface area contributed by atoms with Crippen LogP contribution in [0.1, 0.15) is 37.9 Å². The smallest absolute Gasteiger partial charge is 0.0887 e. The van der Waals surface area contributed by atoms with Crippen LogP contribution in [0.5, 0.6) is 0 Å². The highest BCUT2D eigenvalue weighted by Crippen LogP contribution is 2.02. The van der Waals surface area contributed by atoms with Gasteiger partial charge in [0, 0.05) is 19.3 Å². The zero-order chi connectivity index (χ0) is 11.6. The fraction of sp³-hybridized carbons (Fsp3) is 0.615. The van der Waals surface area contributed by atoms with Gasteiger partial charge in [-0.2, -0.15) is 0 Å². The van der Waals surface area contributed by atoms with Crippen molar-refractivity contribution in [3.63, 3.8) is 0 Å². The van der Waals surface area contributed by atoms with Crippen LogP contribution in [-0.2, 0) is 17.9 Å². The standard InChI is InChI=1S/C13H22N2O/c1-3-5-8-16-11-13-7-6-12(10-15-13)9-14-4-2/h6-7,10,14H,3-5,8-9,11H2,1-2H3. The maximum atomic E-state index is 5.50. The van der Waals surface area contributed by atoms with Crippen molar-refractivity contribution in [2.24, 2.45) is 0 Å². The van der Waals surface area contributed by atoms with E-state index in [1.807, 2.05) is 12.3 Å². The van der Waals surface area contributed by atoms with Gasteiger partial charge >= 0.3 is 0 Å². The highest BCUT2D eigenvalue weighted by Gasteiger charge is 1.96. The van der Waals surface area contributed by atoms with Crippen molar-refractivity contribution in [3.8, 4) is 0 Å². The summed E-state index contributed by atoms with van der Waals surface area (Å²) in [6, 6.07) is 4.15. The minimum Gasteiger partial charge on any atom is -0.375 e. The third-order valence-electron chi connectivity index (χ3n) is 2.36. The van der Waals surface area contributed by atoms with Crippen LogP contribution in [0, 0.1) is 0 Å². The van der Waals surface area contributed by atoms with Gasteiger partial charge in [0.25, 0.3) is 0 Å². The molecule has 0 fully saturated rings. The van der Waals surface area contributed by atoms with E-state index in [0.717, 1.165) is 31.8 Å². The van der Waals surface area contributed by atoms with E-state index in [2.05, 4.69) is 30.2 Å². The van der Waals surface area contributed by atoms with Gasteiger partial charge in [-0.15, -0.1) is 0 Å². The van der Waals surface area contributed by atoms with Crippen LogP contribution in [0.25, 0.3) is 0 Å². The van der Waals surface area contributed by atoms with Crippen molar-refractivity contribution in [1.82, 2.24) is 10.3 Å². The molecule has 16 heavy (non-hydrogen) atoms. The lowest BCUT2D eigenvalue weighted by Gasteiger charge is -2.05. The van der Waals surface area contributed by atoms with E-state index in [1.165, 1.54) is 12.0 Å². The highest BCUT2D eigenvalue weighted by molar-refractivity contribution is 5.13. The Morgan fingerprint density at radius 3 is 2.81 bits per heavy atom. The molecule has 1 rings (SSSR count). The molecule has 0 amide bonds. The summed E-state index contributed by atoms with van der Waals surface area (Å²) in [4.78, 5) is 4.36. The van der Waals surface area contributed by atoms with Gasteiger partial charge in [-0.3, -0.25) is 4.98 Å². The molecule has 0 atom stereocenters. The van der Waals surface area contributed by atoms with Crippen molar-refractivity contribution in [2.75, 3.05) is 13.2 Å². The summed E-state index contributed by atoms with van der Waals surface area (Å²) in [5, 5.41) is 3.27. The first kappa shape index (κ1) is 13.1. The Balaban J connectivity index is 2.27. The SMILES string of the molecule is CCCCOCc1ccc(CNCC)cn1. The minimum atomic E-state index is 0.626. The van der Waals surface area contributed by atoms with Crippen molar-refractivity contribution < 1.29 is 4.74 Å². The first-order valence-corrected chi connectivity index (χ1v) is 6.09. The van der Waals surface area contributed by atoms with E-state index in [1.54, 1.807) is 0 Å². The molecule has 0 radical (unpaired) electrons. The molecular formula is C13H22N2O. The zero-order valence-corrected chi connectivity index (χ0v) is 10.3. The van der Waals surface area contributed by atoms with Crippen LogP contribution in [0.2, 0.25) is 0 Å². The Morgan fingerprint density at radius 2 is 2.19 bits per heavy atom. The van der Waals surface area contributed by atoms with E-state index in [9.17, 15) is 0 Å². The quantitative estimate of drug-likeness (QED) is 0.686. The first-order valence-electron chi connectivity index (χ1n) is 6.09. The van der Waals surface area contributed by atoms with Gasteiger partial charge in [-0.25, -0.2) is 0 Å². The lowest BCUT2D eigenvalue weighted by molar-refractivity contribution is 0.115. The average molecular weight is 222 g/mol. The fourth-order valence-corrected chi connectivity index (χ4v) is 1.34. The van der Waals surface area contributed by atoms with Gasteiger partial charge < -0.3 is 10.1 Å². The van der Waals surface area contributed by atoms with Gasteiger partial charge in [0.05, 0.1) is 12.3 Å². The number of nitrogens with one attached hydrogen (secondary N) is 1. The van der Waals surface area contributed by atoms with Crippen LogP contribution in [0.4, 0.5) is 0 Å². The number of rotatable bonds is 8. The summed E-state index contributed by atoms with van der Waals surface area (Å²) in [6.07, 6.45) is 4.22. The summed E-state index contributed by atoms with van der Waals surface area (Å²) in [5.74, 6) is 0. The Morgan fingerprint density at radius 1 is 1.31 bits per heavy atom. The predicted molar refractivity (Wildman–Crippen MR) is 66.2 cm³/mol. The third-order valence-corrected chi connectivity index (χ3v) is 2.36. The monoisotopic (exact) mass is 222 g/mol. The van der Waals surface area contributed by atoms with E-state index < -0.39 is 0 Å². The normalized spacial score (nSPS) is 10.6. The molecule has 1 aromatic heterocycles. The number of unbranched alkanes of at least 4 members (excludes halogenated alkanes) is 1. The number of hydrogen-bond acceptors (Lipinski definition) is 3. The van der Waals surface area contributed by atoms with Crippen molar-refractivity contribution in [2.45, 2.75) is 39.8 Å². The Kier molecular flexibility index (Phi) is 6.77. The molecule has 0 spiro atoms. The topological polar surface area (TPSA) is 34.1 Å². The van der Waals surface area contributed by atoms with Gasteiger partial charge in [0.1, 0.15) is 0 Å². The summed E-state index contributed by atoms with van der Waals surface area (Å²) in [5.41, 5.74) is 2.23. The molecule has 0 aliphatic heterocycles. The summed E-state index contributed by atoms with van der Waals surface area (Å²) < 4.78 is 5.50. The lowest BCUT2D eigenvalue weighted by Crippen LogP contribution is -2.12. The summed E-state index contributed by atoms with van der Waals surface area (Å²) in [7, 11) is 0. The first-order chi connectivity index (χ1) is 7.86. The second-order valence-corrected chi connectivity index (χ2v) is 3.84. The van der Waals surface area contributed by atoms with E-state index >= 15 is 0 Å². The van der Waals surface area contributed by atoms with Crippen LogP contribution in [-0.4, -0.2) is 18.1 Å². The maximum absolute atomic E-state index is 5.50. The molecule has 1 heterocycles. The maximum Gasteiger partial charge on any atom is 0.0887 e. The van der Waals surface area contributed by atoms with E-state index in [4.69, 9.17) is 4.74 Å². The zero-order valence-electron chi connectivity index (χ0n) is 10.3. The molecule has 3 nitrogen and oxygen atoms in total. The molecule has 0 saturated heterocycles. The molecule has 1 N–H and O–H groups in total. The number of nitrogens with zero attached hydrogens (tertiary/aromatic N) is 1. The minimum absolute atomic E-state index is 0.626. The van der Waals surface area contributed by atoms with E-state index in [-0.39, 0.29) is 0 Å². The van der Waals surface area contributed by atoms with Crippen molar-refractivity contribution in [1.29, 1.82) is 0 Å². The molecule has 0 bridgehead atoms. The molecule has 3 heteroatoms. The fourth-order valence-electron chi connectivity index (χ4n) is 1.34. The molecule has 0 aliphatic rings. The lowest BCUT2D eigenvalue weighted by atomic mass is 10.2. The molecule has 0 aliphatic carbocycles. The molecule has 0 unspecified atom stereocenters. The van der Waals surface area contributed by atoms with Crippen molar-refractivity contribution >= 4 is 0 Å². The molecule has 0 saturated carbocycles. The summed E-state index contributed by atoms with van der Waals surface area (Å²) >= 11 is 0. The van der Waals surface area contributed by atoms with Crippen molar-refractivity contribution in [3.05, 3.63) is 29.6 Å². The van der Waals surface area contributed by atoms with Crippen LogP contribution in [0.3, 0.4) is 0 Å². The van der Waals surface area contributed by atoms with Gasteiger partial charge in [0.2, 0.25) is 0 Å². The van der Waals surface area contributed by atoms with E-state index in [0.29, 0.717) is 6.61 Å². The number of ether oxygens (including phenoxy) is 1. The average Bonchev–Trinajstić information content (AvgIpc) is 2.33. The largest absolute Gasteiger partial charge is 0.375 e. The third kappa shape index (κ3) is 5.24. The number of pyridine rings is 1. The molecule has 1 aromatic rings. The summed E-state index contributed by atoms with van der Waals surface area (Å²) in [6.45, 7) is 7.60. The molecule has 90 valence electrons. The van der Waals surface area contributed by atoms with Crippen LogP contribution >= 0.6 is 0 Å².